The van der Waals surface area contributed by atoms with Gasteiger partial charge >= 0.3 is 0 Å². The predicted octanol–water partition coefficient (Wildman–Crippen LogP) is 3.72. The summed E-state index contributed by atoms with van der Waals surface area (Å²) in [6.07, 6.45) is 0. The number of thioether (sulfide) groups is 1. The molecule has 2 nitrogen and oxygen atoms in total. The Bertz CT molecular complexity index is 432. The number of carbonyl (C=O) groups is 1. The summed E-state index contributed by atoms with van der Waals surface area (Å²) in [6, 6.07) is 6.65. The maximum absolute atomic E-state index is 13.5. The molecule has 0 bridgehead atoms. The average Bonchev–Trinajstić information content (AvgIpc) is 2.34. The van der Waals surface area contributed by atoms with Gasteiger partial charge in [-0.25, -0.2) is 4.39 Å². The molecule has 0 heterocycles. The molecule has 1 aromatic rings. The molecule has 1 rings (SSSR count). The van der Waals surface area contributed by atoms with Crippen molar-refractivity contribution in [2.45, 2.75) is 32.6 Å². The maximum Gasteiger partial charge on any atom is 0.226 e. The molecular weight excluding hydrogens is 261 g/mol. The van der Waals surface area contributed by atoms with Gasteiger partial charge in [0.25, 0.3) is 0 Å². The van der Waals surface area contributed by atoms with Crippen LogP contribution in [0, 0.1) is 17.2 Å². The first-order valence-electron chi connectivity index (χ1n) is 6.48. The van der Waals surface area contributed by atoms with E-state index >= 15 is 0 Å². The van der Waals surface area contributed by atoms with Gasteiger partial charge in [-0.3, -0.25) is 4.79 Å². The molecule has 0 saturated heterocycles. The normalized spacial score (nSPS) is 11.7. The largest absolute Gasteiger partial charge is 0.355 e. The zero-order valence-electron chi connectivity index (χ0n) is 12.0. The van der Waals surface area contributed by atoms with Crippen molar-refractivity contribution in [2.24, 2.45) is 11.3 Å². The summed E-state index contributed by atoms with van der Waals surface area (Å²) in [5, 5.41) is 2.93. The third-order valence-electron chi connectivity index (χ3n) is 2.71. The van der Waals surface area contributed by atoms with Crippen molar-refractivity contribution in [3.05, 3.63) is 30.1 Å². The zero-order chi connectivity index (χ0) is 14.5. The summed E-state index contributed by atoms with van der Waals surface area (Å²) < 4.78 is 13.5. The van der Waals surface area contributed by atoms with Gasteiger partial charge in [-0.1, -0.05) is 39.8 Å². The molecular formula is C15H22FNOS. The van der Waals surface area contributed by atoms with Gasteiger partial charge in [0.15, 0.2) is 0 Å². The molecule has 0 aromatic heterocycles. The van der Waals surface area contributed by atoms with Crippen LogP contribution in [0.25, 0.3) is 0 Å². The van der Waals surface area contributed by atoms with E-state index in [-0.39, 0.29) is 11.7 Å². The Kier molecular flexibility index (Phi) is 5.85. The van der Waals surface area contributed by atoms with Gasteiger partial charge in [-0.05, 0) is 18.1 Å². The van der Waals surface area contributed by atoms with Gasteiger partial charge < -0.3 is 5.32 Å². The highest BCUT2D eigenvalue weighted by molar-refractivity contribution is 7.99. The SMILES string of the molecule is CC(C)CNC(=O)C(C)(C)CSc1ccccc1F. The fraction of sp³-hybridized carbons (Fsp3) is 0.533. The summed E-state index contributed by atoms with van der Waals surface area (Å²) in [6.45, 7) is 8.56. The summed E-state index contributed by atoms with van der Waals surface area (Å²) in [5.41, 5.74) is -0.512. The number of carbonyl (C=O) groups excluding carboxylic acids is 1. The monoisotopic (exact) mass is 283 g/mol. The van der Waals surface area contributed by atoms with Crippen molar-refractivity contribution in [3.8, 4) is 0 Å². The molecule has 0 spiro atoms. The van der Waals surface area contributed by atoms with Crippen LogP contribution in [0.4, 0.5) is 4.39 Å². The van der Waals surface area contributed by atoms with Crippen LogP contribution in [-0.4, -0.2) is 18.2 Å². The third kappa shape index (κ3) is 5.23. The molecule has 0 atom stereocenters. The second-order valence-electron chi connectivity index (χ2n) is 5.71. The molecule has 0 aliphatic carbocycles. The Morgan fingerprint density at radius 2 is 2.00 bits per heavy atom. The summed E-state index contributed by atoms with van der Waals surface area (Å²) in [5.74, 6) is 0.771. The lowest BCUT2D eigenvalue weighted by molar-refractivity contribution is -0.128. The highest BCUT2D eigenvalue weighted by Gasteiger charge is 2.27. The Morgan fingerprint density at radius 3 is 2.58 bits per heavy atom. The van der Waals surface area contributed by atoms with Crippen molar-refractivity contribution in [2.75, 3.05) is 12.3 Å². The molecule has 106 valence electrons. The van der Waals surface area contributed by atoms with Crippen molar-refractivity contribution >= 4 is 17.7 Å². The first-order valence-corrected chi connectivity index (χ1v) is 7.47. The molecule has 1 amide bonds. The van der Waals surface area contributed by atoms with E-state index in [4.69, 9.17) is 0 Å². The Morgan fingerprint density at radius 1 is 1.37 bits per heavy atom. The molecule has 1 N–H and O–H groups in total. The topological polar surface area (TPSA) is 29.1 Å². The number of halogens is 1. The molecule has 4 heteroatoms. The smallest absolute Gasteiger partial charge is 0.226 e. The number of hydrogen-bond donors (Lipinski definition) is 1. The first-order chi connectivity index (χ1) is 8.83. The fourth-order valence-electron chi connectivity index (χ4n) is 1.42. The zero-order valence-corrected chi connectivity index (χ0v) is 12.8. The Labute approximate surface area is 119 Å². The molecule has 0 aliphatic heterocycles. The van der Waals surface area contributed by atoms with Gasteiger partial charge in [0.05, 0.1) is 5.41 Å². The molecule has 0 aliphatic rings. The van der Waals surface area contributed by atoms with Crippen molar-refractivity contribution in [1.29, 1.82) is 0 Å². The number of nitrogens with one attached hydrogen (secondary N) is 1. The average molecular weight is 283 g/mol. The highest BCUT2D eigenvalue weighted by atomic mass is 32.2. The van der Waals surface area contributed by atoms with Crippen LogP contribution in [-0.2, 0) is 4.79 Å². The van der Waals surface area contributed by atoms with E-state index in [0.29, 0.717) is 23.1 Å². The fourth-order valence-corrected chi connectivity index (χ4v) is 2.45. The van der Waals surface area contributed by atoms with Crippen LogP contribution < -0.4 is 5.32 Å². The molecule has 0 radical (unpaired) electrons. The first kappa shape index (κ1) is 16.0. The van der Waals surface area contributed by atoms with Gasteiger partial charge in [0.1, 0.15) is 5.82 Å². The van der Waals surface area contributed by atoms with E-state index in [1.807, 2.05) is 13.8 Å². The number of rotatable bonds is 6. The minimum absolute atomic E-state index is 0.0186. The predicted molar refractivity (Wildman–Crippen MR) is 78.8 cm³/mol. The van der Waals surface area contributed by atoms with Crippen LogP contribution >= 0.6 is 11.8 Å². The lowest BCUT2D eigenvalue weighted by atomic mass is 9.95. The third-order valence-corrected chi connectivity index (χ3v) is 4.22. The van der Waals surface area contributed by atoms with Crippen LogP contribution in [0.2, 0.25) is 0 Å². The Hall–Kier alpha value is -1.03. The summed E-state index contributed by atoms with van der Waals surface area (Å²) >= 11 is 1.38. The maximum atomic E-state index is 13.5. The van der Waals surface area contributed by atoms with Crippen LogP contribution in [0.3, 0.4) is 0 Å². The van der Waals surface area contributed by atoms with Crippen molar-refractivity contribution in [3.63, 3.8) is 0 Å². The minimum Gasteiger partial charge on any atom is -0.355 e. The van der Waals surface area contributed by atoms with E-state index in [2.05, 4.69) is 19.2 Å². The quantitative estimate of drug-likeness (QED) is 0.806. The minimum atomic E-state index is -0.512. The van der Waals surface area contributed by atoms with E-state index < -0.39 is 5.41 Å². The molecule has 19 heavy (non-hydrogen) atoms. The summed E-state index contributed by atoms with van der Waals surface area (Å²) in [7, 11) is 0. The lowest BCUT2D eigenvalue weighted by Gasteiger charge is -2.23. The lowest BCUT2D eigenvalue weighted by Crippen LogP contribution is -2.40. The van der Waals surface area contributed by atoms with Crippen molar-refractivity contribution in [1.82, 2.24) is 5.32 Å². The molecule has 1 aromatic carbocycles. The molecule has 0 saturated carbocycles. The van der Waals surface area contributed by atoms with Gasteiger partial charge in [-0.2, -0.15) is 0 Å². The second kappa shape index (κ2) is 6.94. The summed E-state index contributed by atoms with van der Waals surface area (Å²) in [4.78, 5) is 12.6. The van der Waals surface area contributed by atoms with E-state index in [0.717, 1.165) is 0 Å². The van der Waals surface area contributed by atoms with Crippen LogP contribution in [0.5, 0.6) is 0 Å². The van der Waals surface area contributed by atoms with Gasteiger partial charge in [0, 0.05) is 17.2 Å². The van der Waals surface area contributed by atoms with Crippen LogP contribution in [0.1, 0.15) is 27.7 Å². The highest BCUT2D eigenvalue weighted by Crippen LogP contribution is 2.29. The molecule has 0 unspecified atom stereocenters. The van der Waals surface area contributed by atoms with Crippen molar-refractivity contribution < 1.29 is 9.18 Å². The van der Waals surface area contributed by atoms with Gasteiger partial charge in [-0.15, -0.1) is 11.8 Å². The second-order valence-corrected chi connectivity index (χ2v) is 6.72. The van der Waals surface area contributed by atoms with Crippen LogP contribution in [0.15, 0.2) is 29.2 Å². The van der Waals surface area contributed by atoms with E-state index in [1.165, 1.54) is 17.8 Å². The number of hydrogen-bond acceptors (Lipinski definition) is 2. The van der Waals surface area contributed by atoms with E-state index in [9.17, 15) is 9.18 Å². The molecule has 0 fully saturated rings. The number of benzene rings is 1. The standard InChI is InChI=1S/C15H22FNOS/c1-11(2)9-17-14(18)15(3,4)10-19-13-8-6-5-7-12(13)16/h5-8,11H,9-10H2,1-4H3,(H,17,18). The number of amides is 1. The van der Waals surface area contributed by atoms with Gasteiger partial charge in [0.2, 0.25) is 5.91 Å². The Balaban J connectivity index is 2.55. The van der Waals surface area contributed by atoms with E-state index in [1.54, 1.807) is 18.2 Å².